The zero-order valence-electron chi connectivity index (χ0n) is 11.7. The fourth-order valence-corrected chi connectivity index (χ4v) is 3.17. The number of piperidine rings is 1. The van der Waals surface area contributed by atoms with E-state index in [-0.39, 0.29) is 0 Å². The van der Waals surface area contributed by atoms with Gasteiger partial charge in [0.05, 0.1) is 0 Å². The second kappa shape index (κ2) is 6.40. The summed E-state index contributed by atoms with van der Waals surface area (Å²) >= 11 is 0. The predicted octanol–water partition coefficient (Wildman–Crippen LogP) is 2.45. The quantitative estimate of drug-likeness (QED) is 0.869. The summed E-state index contributed by atoms with van der Waals surface area (Å²) in [4.78, 5) is 2.57. The first-order valence-corrected chi connectivity index (χ1v) is 7.69. The van der Waals surface area contributed by atoms with E-state index in [2.05, 4.69) is 39.8 Å². The molecule has 0 spiro atoms. The molecule has 0 amide bonds. The summed E-state index contributed by atoms with van der Waals surface area (Å²) in [5.74, 6) is 0. The Labute approximate surface area is 116 Å². The van der Waals surface area contributed by atoms with Crippen LogP contribution in [0.5, 0.6) is 0 Å². The number of benzene rings is 1. The first-order valence-electron chi connectivity index (χ1n) is 7.69. The van der Waals surface area contributed by atoms with Gasteiger partial charge >= 0.3 is 0 Å². The van der Waals surface area contributed by atoms with Crippen molar-refractivity contribution < 1.29 is 0 Å². The summed E-state index contributed by atoms with van der Waals surface area (Å²) in [6, 6.07) is 9.48. The highest BCUT2D eigenvalue weighted by Gasteiger charge is 2.16. The highest BCUT2D eigenvalue weighted by Crippen LogP contribution is 2.22. The average Bonchev–Trinajstić information content (AvgIpc) is 2.95. The highest BCUT2D eigenvalue weighted by molar-refractivity contribution is 5.51. The number of nitrogens with one attached hydrogen (secondary N) is 2. The maximum absolute atomic E-state index is 3.76. The smallest absolute Gasteiger partial charge is 0.0388 e. The number of anilines is 1. The number of nitrogens with zero attached hydrogens (tertiary/aromatic N) is 1. The summed E-state index contributed by atoms with van der Waals surface area (Å²) in [6.07, 6.45) is 5.20. The molecular weight excluding hydrogens is 234 g/mol. The van der Waals surface area contributed by atoms with Crippen LogP contribution in [0.25, 0.3) is 0 Å². The Balaban J connectivity index is 1.65. The predicted molar refractivity (Wildman–Crippen MR) is 80.5 cm³/mol. The van der Waals surface area contributed by atoms with E-state index in [1.54, 1.807) is 0 Å². The van der Waals surface area contributed by atoms with Crippen LogP contribution in [0.4, 0.5) is 5.69 Å². The van der Waals surface area contributed by atoms with E-state index >= 15 is 0 Å². The Morgan fingerprint density at radius 1 is 1.11 bits per heavy atom. The van der Waals surface area contributed by atoms with E-state index in [4.69, 9.17) is 0 Å². The Hall–Kier alpha value is -1.06. The molecule has 0 bridgehead atoms. The molecule has 0 unspecified atom stereocenters. The molecule has 104 valence electrons. The third kappa shape index (κ3) is 3.48. The maximum Gasteiger partial charge on any atom is 0.0388 e. The first kappa shape index (κ1) is 12.9. The van der Waals surface area contributed by atoms with Crippen LogP contribution in [-0.4, -0.2) is 37.1 Å². The van der Waals surface area contributed by atoms with Gasteiger partial charge in [-0.3, -0.25) is 4.90 Å². The number of likely N-dealkylation sites (tertiary alicyclic amines) is 1. The van der Waals surface area contributed by atoms with Gasteiger partial charge in [-0.2, -0.15) is 0 Å². The van der Waals surface area contributed by atoms with Crippen LogP contribution in [0, 0.1) is 0 Å². The van der Waals surface area contributed by atoms with Crippen molar-refractivity contribution in [3.05, 3.63) is 29.8 Å². The Kier molecular flexibility index (Phi) is 4.36. The molecule has 0 aromatic heterocycles. The Morgan fingerprint density at radius 3 is 2.63 bits per heavy atom. The van der Waals surface area contributed by atoms with Crippen molar-refractivity contribution in [3.8, 4) is 0 Å². The largest absolute Gasteiger partial charge is 0.382 e. The average molecular weight is 259 g/mol. The van der Waals surface area contributed by atoms with Crippen LogP contribution in [-0.2, 0) is 6.54 Å². The van der Waals surface area contributed by atoms with Crippen molar-refractivity contribution in [1.29, 1.82) is 0 Å². The molecule has 2 aliphatic rings. The lowest BCUT2D eigenvalue weighted by Gasteiger charge is -2.26. The molecule has 0 saturated carbocycles. The van der Waals surface area contributed by atoms with Gasteiger partial charge < -0.3 is 10.6 Å². The van der Waals surface area contributed by atoms with E-state index < -0.39 is 0 Å². The van der Waals surface area contributed by atoms with Gasteiger partial charge in [0.25, 0.3) is 0 Å². The van der Waals surface area contributed by atoms with Crippen LogP contribution in [0.2, 0.25) is 0 Å². The van der Waals surface area contributed by atoms with E-state index in [0.29, 0.717) is 6.04 Å². The SMILES string of the molecule is c1ccc(NC2CCNCC2)c(CN2CCCC2)c1. The van der Waals surface area contributed by atoms with Gasteiger partial charge in [-0.25, -0.2) is 0 Å². The lowest BCUT2D eigenvalue weighted by Crippen LogP contribution is -2.35. The fraction of sp³-hybridized carbons (Fsp3) is 0.625. The summed E-state index contributed by atoms with van der Waals surface area (Å²) < 4.78 is 0. The van der Waals surface area contributed by atoms with Gasteiger partial charge in [0.15, 0.2) is 0 Å². The van der Waals surface area contributed by atoms with Crippen molar-refractivity contribution in [3.63, 3.8) is 0 Å². The van der Waals surface area contributed by atoms with E-state index in [1.807, 2.05) is 0 Å². The second-order valence-electron chi connectivity index (χ2n) is 5.81. The van der Waals surface area contributed by atoms with Gasteiger partial charge in [0.1, 0.15) is 0 Å². The van der Waals surface area contributed by atoms with Crippen molar-refractivity contribution >= 4 is 5.69 Å². The van der Waals surface area contributed by atoms with Gasteiger partial charge in [0, 0.05) is 18.3 Å². The summed E-state index contributed by atoms with van der Waals surface area (Å²) in [6.45, 7) is 5.93. The second-order valence-corrected chi connectivity index (χ2v) is 5.81. The van der Waals surface area contributed by atoms with Crippen molar-refractivity contribution in [2.45, 2.75) is 38.3 Å². The molecule has 3 rings (SSSR count). The summed E-state index contributed by atoms with van der Waals surface area (Å²) in [7, 11) is 0. The third-order valence-electron chi connectivity index (χ3n) is 4.31. The zero-order valence-corrected chi connectivity index (χ0v) is 11.7. The molecule has 1 aromatic carbocycles. The van der Waals surface area contributed by atoms with Crippen molar-refractivity contribution in [1.82, 2.24) is 10.2 Å². The van der Waals surface area contributed by atoms with Crippen LogP contribution < -0.4 is 10.6 Å². The Morgan fingerprint density at radius 2 is 1.84 bits per heavy atom. The van der Waals surface area contributed by atoms with Crippen LogP contribution in [0.15, 0.2) is 24.3 Å². The molecule has 0 atom stereocenters. The Bertz CT molecular complexity index is 393. The third-order valence-corrected chi connectivity index (χ3v) is 4.31. The normalized spacial score (nSPS) is 21.7. The topological polar surface area (TPSA) is 27.3 Å². The summed E-state index contributed by atoms with van der Waals surface area (Å²) in [5, 5.41) is 7.18. The maximum atomic E-state index is 3.76. The standard InChI is InChI=1S/C16H25N3/c1-2-6-16(18-15-7-9-17-10-8-15)14(5-1)13-19-11-3-4-12-19/h1-2,5-6,15,17-18H,3-4,7-13H2. The minimum atomic E-state index is 0.640. The first-order chi connectivity index (χ1) is 9.42. The monoisotopic (exact) mass is 259 g/mol. The van der Waals surface area contributed by atoms with Gasteiger partial charge in [-0.15, -0.1) is 0 Å². The summed E-state index contributed by atoms with van der Waals surface area (Å²) in [5.41, 5.74) is 2.81. The molecule has 3 heteroatoms. The molecule has 0 aliphatic carbocycles. The molecular formula is C16H25N3. The zero-order chi connectivity index (χ0) is 12.9. The molecule has 2 N–H and O–H groups in total. The number of rotatable bonds is 4. The molecule has 3 nitrogen and oxygen atoms in total. The highest BCUT2D eigenvalue weighted by atomic mass is 15.1. The van der Waals surface area contributed by atoms with E-state index in [0.717, 1.165) is 19.6 Å². The molecule has 2 aliphatic heterocycles. The molecule has 0 radical (unpaired) electrons. The molecule has 19 heavy (non-hydrogen) atoms. The van der Waals surface area contributed by atoms with Gasteiger partial charge in [-0.1, -0.05) is 18.2 Å². The van der Waals surface area contributed by atoms with Crippen molar-refractivity contribution in [2.24, 2.45) is 0 Å². The number of hydrogen-bond acceptors (Lipinski definition) is 3. The lowest BCUT2D eigenvalue weighted by molar-refractivity contribution is 0.331. The molecule has 1 aromatic rings. The molecule has 2 saturated heterocycles. The van der Waals surface area contributed by atoms with Crippen LogP contribution in [0.3, 0.4) is 0 Å². The number of hydrogen-bond donors (Lipinski definition) is 2. The van der Waals surface area contributed by atoms with E-state index in [9.17, 15) is 0 Å². The lowest BCUT2D eigenvalue weighted by atomic mass is 10.0. The molecule has 2 heterocycles. The van der Waals surface area contributed by atoms with E-state index in [1.165, 1.54) is 50.0 Å². The van der Waals surface area contributed by atoms with Crippen LogP contribution in [0.1, 0.15) is 31.2 Å². The molecule has 2 fully saturated rings. The van der Waals surface area contributed by atoms with Crippen LogP contribution >= 0.6 is 0 Å². The fourth-order valence-electron chi connectivity index (χ4n) is 3.17. The minimum absolute atomic E-state index is 0.640. The van der Waals surface area contributed by atoms with Gasteiger partial charge in [-0.05, 0) is 63.5 Å². The van der Waals surface area contributed by atoms with Crippen molar-refractivity contribution in [2.75, 3.05) is 31.5 Å². The van der Waals surface area contributed by atoms with Gasteiger partial charge in [0.2, 0.25) is 0 Å². The number of para-hydroxylation sites is 1. The minimum Gasteiger partial charge on any atom is -0.382 e.